The van der Waals surface area contributed by atoms with Crippen molar-refractivity contribution < 1.29 is 17.6 Å². The Kier molecular flexibility index (Phi) is 3.96. The van der Waals surface area contributed by atoms with Crippen molar-refractivity contribution in [3.8, 4) is 0 Å². The van der Waals surface area contributed by atoms with Gasteiger partial charge in [-0.15, -0.1) is 10.2 Å². The van der Waals surface area contributed by atoms with Gasteiger partial charge >= 0.3 is 0 Å². The quantitative estimate of drug-likeness (QED) is 0.733. The molecule has 1 aromatic heterocycles. The minimum absolute atomic E-state index is 0.0618. The first-order chi connectivity index (χ1) is 9.94. The Morgan fingerprint density at radius 2 is 2.14 bits per heavy atom. The summed E-state index contributed by atoms with van der Waals surface area (Å²) in [4.78, 5) is 13.6. The molecule has 0 aromatic carbocycles. The van der Waals surface area contributed by atoms with Crippen LogP contribution in [0.1, 0.15) is 31.1 Å². The van der Waals surface area contributed by atoms with E-state index in [0.29, 0.717) is 23.5 Å². The summed E-state index contributed by atoms with van der Waals surface area (Å²) in [5.41, 5.74) is 0. The van der Waals surface area contributed by atoms with Crippen LogP contribution in [0.25, 0.3) is 0 Å². The first kappa shape index (κ1) is 14.8. The molecule has 1 atom stereocenters. The van der Waals surface area contributed by atoms with Crippen molar-refractivity contribution >= 4 is 27.5 Å². The molecule has 0 bridgehead atoms. The number of nitrogens with zero attached hydrogens (tertiary/aromatic N) is 3. The molecule has 2 heterocycles. The van der Waals surface area contributed by atoms with Crippen molar-refractivity contribution in [2.45, 2.75) is 36.4 Å². The normalized spacial score (nSPS) is 24.1. The number of aromatic nitrogens is 2. The zero-order chi connectivity index (χ0) is 15.0. The molecule has 3 rings (SSSR count). The van der Waals surface area contributed by atoms with Gasteiger partial charge in [0.2, 0.25) is 11.8 Å². The predicted molar refractivity (Wildman–Crippen MR) is 76.8 cm³/mol. The van der Waals surface area contributed by atoms with Gasteiger partial charge in [0.1, 0.15) is 0 Å². The molecule has 0 spiro atoms. The number of amides is 1. The second-order valence-electron chi connectivity index (χ2n) is 5.53. The zero-order valence-electron chi connectivity index (χ0n) is 11.7. The maximum atomic E-state index is 12.1. The summed E-state index contributed by atoms with van der Waals surface area (Å²) in [5.74, 6) is 1.34. The number of rotatable bonds is 5. The van der Waals surface area contributed by atoms with Crippen molar-refractivity contribution in [2.24, 2.45) is 0 Å². The fourth-order valence-electron chi connectivity index (χ4n) is 2.28. The molecule has 1 aliphatic heterocycles. The summed E-state index contributed by atoms with van der Waals surface area (Å²) in [6.07, 6.45) is 2.69. The Morgan fingerprint density at radius 1 is 1.38 bits per heavy atom. The molecule has 1 aromatic rings. The smallest absolute Gasteiger partial charge is 0.277 e. The van der Waals surface area contributed by atoms with E-state index in [1.54, 1.807) is 7.05 Å². The van der Waals surface area contributed by atoms with Crippen LogP contribution in [-0.4, -0.2) is 59.8 Å². The highest BCUT2D eigenvalue weighted by molar-refractivity contribution is 7.99. The van der Waals surface area contributed by atoms with E-state index < -0.39 is 9.84 Å². The van der Waals surface area contributed by atoms with Crippen molar-refractivity contribution in [1.82, 2.24) is 15.1 Å². The van der Waals surface area contributed by atoms with Gasteiger partial charge in [-0.1, -0.05) is 11.8 Å². The van der Waals surface area contributed by atoms with Crippen LogP contribution in [0.2, 0.25) is 0 Å². The van der Waals surface area contributed by atoms with Crippen LogP contribution < -0.4 is 0 Å². The largest absolute Gasteiger partial charge is 0.416 e. The third kappa shape index (κ3) is 3.57. The van der Waals surface area contributed by atoms with Gasteiger partial charge in [-0.05, 0) is 19.3 Å². The summed E-state index contributed by atoms with van der Waals surface area (Å²) in [6, 6.07) is -0.215. The third-order valence-electron chi connectivity index (χ3n) is 3.82. The first-order valence-corrected chi connectivity index (χ1v) is 9.67. The summed E-state index contributed by atoms with van der Waals surface area (Å²) >= 11 is 1.20. The van der Waals surface area contributed by atoms with Crippen LogP contribution in [0.3, 0.4) is 0 Å². The predicted octanol–water partition coefficient (Wildman–Crippen LogP) is 0.685. The average molecular weight is 331 g/mol. The lowest BCUT2D eigenvalue weighted by Crippen LogP contribution is -2.38. The minimum Gasteiger partial charge on any atom is -0.416 e. The molecular formula is C12H17N3O4S2. The van der Waals surface area contributed by atoms with E-state index in [0.717, 1.165) is 12.8 Å². The summed E-state index contributed by atoms with van der Waals surface area (Å²) < 4.78 is 28.4. The third-order valence-corrected chi connectivity index (χ3v) is 6.37. The Labute approximate surface area is 127 Å². The Hall–Kier alpha value is -1.09. The van der Waals surface area contributed by atoms with Crippen molar-refractivity contribution in [3.63, 3.8) is 0 Å². The Morgan fingerprint density at radius 3 is 2.76 bits per heavy atom. The van der Waals surface area contributed by atoms with Crippen LogP contribution in [0, 0.1) is 0 Å². The number of carbonyl (C=O) groups excluding carboxylic acids is 1. The number of sulfone groups is 1. The Balaban J connectivity index is 1.51. The molecule has 2 aliphatic rings. The summed E-state index contributed by atoms with van der Waals surface area (Å²) in [7, 11) is -1.33. The molecule has 0 N–H and O–H groups in total. The van der Waals surface area contributed by atoms with E-state index >= 15 is 0 Å². The van der Waals surface area contributed by atoms with Crippen LogP contribution in [0.15, 0.2) is 9.64 Å². The lowest BCUT2D eigenvalue weighted by molar-refractivity contribution is -0.128. The second kappa shape index (κ2) is 5.60. The molecule has 1 aliphatic carbocycles. The van der Waals surface area contributed by atoms with E-state index in [1.165, 1.54) is 16.7 Å². The summed E-state index contributed by atoms with van der Waals surface area (Å²) in [5, 5.41) is 8.27. The molecule has 0 radical (unpaired) electrons. The number of hydrogen-bond acceptors (Lipinski definition) is 7. The fourth-order valence-corrected chi connectivity index (χ4v) is 4.75. The fraction of sp³-hybridized carbons (Fsp3) is 0.750. The number of carbonyl (C=O) groups is 1. The SMILES string of the molecule is CN(C(=O)CSc1nnc(C2CC2)o1)[C@@H]1CCS(=O)(=O)C1. The van der Waals surface area contributed by atoms with Gasteiger partial charge in [-0.2, -0.15) is 0 Å². The van der Waals surface area contributed by atoms with Crippen LogP contribution in [0.5, 0.6) is 0 Å². The van der Waals surface area contributed by atoms with Crippen molar-refractivity contribution in [2.75, 3.05) is 24.3 Å². The van der Waals surface area contributed by atoms with E-state index in [4.69, 9.17) is 4.42 Å². The summed E-state index contributed by atoms with van der Waals surface area (Å²) in [6.45, 7) is 0. The van der Waals surface area contributed by atoms with E-state index in [9.17, 15) is 13.2 Å². The van der Waals surface area contributed by atoms with Gasteiger partial charge in [0.25, 0.3) is 5.22 Å². The molecule has 9 heteroatoms. The highest BCUT2D eigenvalue weighted by Crippen LogP contribution is 2.39. The monoisotopic (exact) mass is 331 g/mol. The van der Waals surface area contributed by atoms with Crippen LogP contribution in [-0.2, 0) is 14.6 Å². The highest BCUT2D eigenvalue weighted by Gasteiger charge is 2.33. The Bertz CT molecular complexity index is 639. The van der Waals surface area contributed by atoms with E-state index in [1.807, 2.05) is 0 Å². The molecule has 7 nitrogen and oxygen atoms in total. The second-order valence-corrected chi connectivity index (χ2v) is 8.69. The van der Waals surface area contributed by atoms with Gasteiger partial charge in [0, 0.05) is 19.0 Å². The molecule has 116 valence electrons. The van der Waals surface area contributed by atoms with Crippen molar-refractivity contribution in [3.05, 3.63) is 5.89 Å². The average Bonchev–Trinajstić information content (AvgIpc) is 3.07. The zero-order valence-corrected chi connectivity index (χ0v) is 13.3. The molecule has 1 saturated heterocycles. The first-order valence-electron chi connectivity index (χ1n) is 6.87. The van der Waals surface area contributed by atoms with Crippen molar-refractivity contribution in [1.29, 1.82) is 0 Å². The van der Waals surface area contributed by atoms with Gasteiger partial charge in [0.05, 0.1) is 17.3 Å². The van der Waals surface area contributed by atoms with E-state index in [-0.39, 0.29) is 29.2 Å². The standard InChI is InChI=1S/C12H17N3O4S2/c1-15(9-4-5-21(17,18)7-9)10(16)6-20-12-14-13-11(19-12)8-2-3-8/h8-9H,2-7H2,1H3/t9-/m1/s1. The highest BCUT2D eigenvalue weighted by atomic mass is 32.2. The number of thioether (sulfide) groups is 1. The molecule has 0 unspecified atom stereocenters. The topological polar surface area (TPSA) is 93.4 Å². The minimum atomic E-state index is -2.98. The molecule has 1 saturated carbocycles. The molecule has 2 fully saturated rings. The van der Waals surface area contributed by atoms with Crippen LogP contribution >= 0.6 is 11.8 Å². The van der Waals surface area contributed by atoms with Gasteiger partial charge in [0.15, 0.2) is 9.84 Å². The molecule has 21 heavy (non-hydrogen) atoms. The number of hydrogen-bond donors (Lipinski definition) is 0. The maximum absolute atomic E-state index is 12.1. The van der Waals surface area contributed by atoms with Gasteiger partial charge in [-0.25, -0.2) is 8.42 Å². The molecular weight excluding hydrogens is 314 g/mol. The lowest BCUT2D eigenvalue weighted by Gasteiger charge is -2.22. The van der Waals surface area contributed by atoms with Gasteiger partial charge in [-0.3, -0.25) is 4.79 Å². The van der Waals surface area contributed by atoms with E-state index in [2.05, 4.69) is 10.2 Å². The molecule has 1 amide bonds. The van der Waals surface area contributed by atoms with Crippen LogP contribution in [0.4, 0.5) is 0 Å². The maximum Gasteiger partial charge on any atom is 0.277 e. The lowest BCUT2D eigenvalue weighted by atomic mass is 10.2. The van der Waals surface area contributed by atoms with Gasteiger partial charge < -0.3 is 9.32 Å².